The van der Waals surface area contributed by atoms with Crippen molar-refractivity contribution in [1.29, 1.82) is 0 Å². The Morgan fingerprint density at radius 1 is 1.29 bits per heavy atom. The first-order valence-corrected chi connectivity index (χ1v) is 6.21. The maximum absolute atomic E-state index is 12.2. The van der Waals surface area contributed by atoms with E-state index in [-0.39, 0.29) is 11.7 Å². The van der Waals surface area contributed by atoms with Crippen molar-refractivity contribution < 1.29 is 14.3 Å². The third-order valence-corrected chi connectivity index (χ3v) is 3.25. The monoisotopic (exact) mass is 232 g/mol. The quantitative estimate of drug-likeness (QED) is 0.748. The van der Waals surface area contributed by atoms with Gasteiger partial charge in [0.15, 0.2) is 5.78 Å². The molecule has 2 aliphatic rings. The second kappa shape index (κ2) is 4.49. The summed E-state index contributed by atoms with van der Waals surface area (Å²) in [5.41, 5.74) is 0.749. The highest BCUT2D eigenvalue weighted by molar-refractivity contribution is 5.98. The highest BCUT2D eigenvalue weighted by Crippen LogP contribution is 2.28. The zero-order valence-electron chi connectivity index (χ0n) is 9.72. The normalized spacial score (nSPS) is 23.6. The number of rotatable bonds is 4. The first-order valence-electron chi connectivity index (χ1n) is 6.21. The van der Waals surface area contributed by atoms with Gasteiger partial charge in [0.25, 0.3) is 0 Å². The van der Waals surface area contributed by atoms with Gasteiger partial charge in [0.2, 0.25) is 0 Å². The number of hydrogen-bond donors (Lipinski definition) is 0. The average molecular weight is 232 g/mol. The van der Waals surface area contributed by atoms with Crippen LogP contribution in [-0.4, -0.2) is 25.1 Å². The summed E-state index contributed by atoms with van der Waals surface area (Å²) in [5, 5.41) is 0. The number of benzene rings is 1. The lowest BCUT2D eigenvalue weighted by atomic mass is 9.97. The maximum Gasteiger partial charge on any atom is 0.168 e. The molecule has 0 N–H and O–H groups in total. The van der Waals surface area contributed by atoms with Gasteiger partial charge in [-0.25, -0.2) is 0 Å². The van der Waals surface area contributed by atoms with Crippen LogP contribution in [0, 0.1) is 5.92 Å². The Balaban J connectivity index is 1.74. The van der Waals surface area contributed by atoms with E-state index in [9.17, 15) is 4.79 Å². The molecule has 3 rings (SSSR count). The van der Waals surface area contributed by atoms with Gasteiger partial charge in [0.05, 0.1) is 12.7 Å². The van der Waals surface area contributed by atoms with Crippen molar-refractivity contribution in [1.82, 2.24) is 0 Å². The Morgan fingerprint density at radius 3 is 2.88 bits per heavy atom. The van der Waals surface area contributed by atoms with Gasteiger partial charge in [-0.2, -0.15) is 0 Å². The lowest BCUT2D eigenvalue weighted by molar-refractivity contribution is 0.0899. The van der Waals surface area contributed by atoms with Crippen molar-refractivity contribution in [2.75, 3.05) is 13.2 Å². The molecule has 2 fully saturated rings. The Hall–Kier alpha value is -1.35. The standard InChI is InChI=1S/C14H16O3/c15-14(11-6-7-16-9-11)10-2-1-3-13(8-10)17-12-4-5-12/h1-3,8,11-12H,4-7,9H2. The van der Waals surface area contributed by atoms with Crippen molar-refractivity contribution in [2.24, 2.45) is 5.92 Å². The van der Waals surface area contributed by atoms with Crippen molar-refractivity contribution in [2.45, 2.75) is 25.4 Å². The van der Waals surface area contributed by atoms with Crippen LogP contribution in [0.2, 0.25) is 0 Å². The maximum atomic E-state index is 12.2. The molecule has 1 aliphatic heterocycles. The first-order chi connectivity index (χ1) is 8.33. The smallest absolute Gasteiger partial charge is 0.168 e. The molecule has 1 unspecified atom stereocenters. The molecule has 1 saturated carbocycles. The number of ketones is 1. The van der Waals surface area contributed by atoms with Gasteiger partial charge in [-0.05, 0) is 31.4 Å². The van der Waals surface area contributed by atoms with Crippen LogP contribution in [0.4, 0.5) is 0 Å². The molecule has 17 heavy (non-hydrogen) atoms. The molecular formula is C14H16O3. The summed E-state index contributed by atoms with van der Waals surface area (Å²) in [6, 6.07) is 7.53. The molecule has 1 aliphatic carbocycles. The SMILES string of the molecule is O=C(c1cccc(OC2CC2)c1)C1CCOC1. The fourth-order valence-corrected chi connectivity index (χ4v) is 2.08. The van der Waals surface area contributed by atoms with Gasteiger partial charge >= 0.3 is 0 Å². The third-order valence-electron chi connectivity index (χ3n) is 3.25. The molecule has 0 aromatic heterocycles. The summed E-state index contributed by atoms with van der Waals surface area (Å²) in [7, 11) is 0. The van der Waals surface area contributed by atoms with Gasteiger partial charge in [-0.3, -0.25) is 4.79 Å². The van der Waals surface area contributed by atoms with Crippen LogP contribution in [0.5, 0.6) is 5.75 Å². The molecule has 1 saturated heterocycles. The summed E-state index contributed by atoms with van der Waals surface area (Å²) in [6.07, 6.45) is 3.48. The van der Waals surface area contributed by atoms with E-state index in [2.05, 4.69) is 0 Å². The molecule has 0 radical (unpaired) electrons. The number of hydrogen-bond acceptors (Lipinski definition) is 3. The summed E-state index contributed by atoms with van der Waals surface area (Å²) in [6.45, 7) is 1.27. The summed E-state index contributed by atoms with van der Waals surface area (Å²) in [5.74, 6) is 1.03. The van der Waals surface area contributed by atoms with E-state index in [1.165, 1.54) is 0 Å². The largest absolute Gasteiger partial charge is 0.490 e. The van der Waals surface area contributed by atoms with Crippen molar-refractivity contribution in [3.05, 3.63) is 29.8 Å². The van der Waals surface area contributed by atoms with E-state index in [0.29, 0.717) is 19.3 Å². The predicted molar refractivity (Wildman–Crippen MR) is 63.3 cm³/mol. The van der Waals surface area contributed by atoms with Crippen molar-refractivity contribution in [3.63, 3.8) is 0 Å². The molecule has 0 bridgehead atoms. The Kier molecular flexibility index (Phi) is 2.85. The Bertz CT molecular complexity index is 417. The van der Waals surface area contributed by atoms with Crippen LogP contribution in [0.15, 0.2) is 24.3 Å². The highest BCUT2D eigenvalue weighted by atomic mass is 16.5. The van der Waals surface area contributed by atoms with E-state index in [4.69, 9.17) is 9.47 Å². The minimum absolute atomic E-state index is 0.0335. The molecule has 1 atom stereocenters. The van der Waals surface area contributed by atoms with Crippen LogP contribution in [-0.2, 0) is 4.74 Å². The number of Topliss-reactive ketones (excluding diaryl/α,β-unsaturated/α-hetero) is 1. The van der Waals surface area contributed by atoms with Crippen LogP contribution < -0.4 is 4.74 Å². The van der Waals surface area contributed by atoms with Gasteiger partial charge in [0, 0.05) is 18.1 Å². The summed E-state index contributed by atoms with van der Waals surface area (Å²) < 4.78 is 10.9. The fourth-order valence-electron chi connectivity index (χ4n) is 2.08. The van der Waals surface area contributed by atoms with Gasteiger partial charge in [-0.1, -0.05) is 12.1 Å². The van der Waals surface area contributed by atoms with E-state index in [1.807, 2.05) is 24.3 Å². The van der Waals surface area contributed by atoms with E-state index in [1.54, 1.807) is 0 Å². The molecule has 3 nitrogen and oxygen atoms in total. The minimum atomic E-state index is 0.0335. The lowest BCUT2D eigenvalue weighted by Crippen LogP contribution is -2.14. The van der Waals surface area contributed by atoms with E-state index < -0.39 is 0 Å². The second-order valence-electron chi connectivity index (χ2n) is 4.77. The van der Waals surface area contributed by atoms with Crippen LogP contribution in [0.3, 0.4) is 0 Å². The van der Waals surface area contributed by atoms with Crippen LogP contribution in [0.25, 0.3) is 0 Å². The molecular weight excluding hydrogens is 216 g/mol. The zero-order valence-corrected chi connectivity index (χ0v) is 9.72. The van der Waals surface area contributed by atoms with E-state index >= 15 is 0 Å². The molecule has 90 valence electrons. The molecule has 0 spiro atoms. The van der Waals surface area contributed by atoms with Crippen LogP contribution >= 0.6 is 0 Å². The predicted octanol–water partition coefficient (Wildman–Crippen LogP) is 2.45. The lowest BCUT2D eigenvalue weighted by Gasteiger charge is -2.09. The molecule has 0 amide bonds. The first kappa shape index (κ1) is 10.8. The fraction of sp³-hybridized carbons (Fsp3) is 0.500. The Morgan fingerprint density at radius 2 is 2.18 bits per heavy atom. The Labute approximate surface area is 101 Å². The van der Waals surface area contributed by atoms with E-state index in [0.717, 1.165) is 30.6 Å². The zero-order chi connectivity index (χ0) is 11.7. The number of carbonyl (C=O) groups excluding carboxylic acids is 1. The van der Waals surface area contributed by atoms with Crippen molar-refractivity contribution >= 4 is 5.78 Å². The average Bonchev–Trinajstić information content (AvgIpc) is 2.99. The molecule has 1 aromatic rings. The van der Waals surface area contributed by atoms with Gasteiger partial charge in [-0.15, -0.1) is 0 Å². The van der Waals surface area contributed by atoms with Gasteiger partial charge < -0.3 is 9.47 Å². The minimum Gasteiger partial charge on any atom is -0.490 e. The molecule has 3 heteroatoms. The summed E-state index contributed by atoms with van der Waals surface area (Å²) >= 11 is 0. The molecule has 1 heterocycles. The summed E-state index contributed by atoms with van der Waals surface area (Å²) in [4.78, 5) is 12.2. The second-order valence-corrected chi connectivity index (χ2v) is 4.77. The number of ether oxygens (including phenoxy) is 2. The third kappa shape index (κ3) is 2.50. The van der Waals surface area contributed by atoms with Crippen LogP contribution in [0.1, 0.15) is 29.6 Å². The topological polar surface area (TPSA) is 35.5 Å². The molecule has 1 aromatic carbocycles. The van der Waals surface area contributed by atoms with Gasteiger partial charge in [0.1, 0.15) is 5.75 Å². The highest BCUT2D eigenvalue weighted by Gasteiger charge is 2.26. The van der Waals surface area contributed by atoms with Crippen molar-refractivity contribution in [3.8, 4) is 5.75 Å². The number of carbonyl (C=O) groups is 1.